The van der Waals surface area contributed by atoms with Crippen molar-refractivity contribution in [2.45, 2.75) is 33.2 Å². The molecule has 3 aromatic rings. The fraction of sp³-hybridized carbons (Fsp3) is 0.474. The summed E-state index contributed by atoms with van der Waals surface area (Å²) in [5.41, 5.74) is 1.02. The Bertz CT molecular complexity index is 927. The number of likely N-dealkylation sites (tertiary alicyclic amines) is 1. The molecule has 26 heavy (non-hydrogen) atoms. The van der Waals surface area contributed by atoms with Crippen LogP contribution in [0.15, 0.2) is 24.3 Å². The van der Waals surface area contributed by atoms with Crippen LogP contribution in [0.1, 0.15) is 42.6 Å². The molecule has 1 aromatic carbocycles. The Kier molecular flexibility index (Phi) is 4.67. The zero-order valence-corrected chi connectivity index (χ0v) is 16.8. The van der Waals surface area contributed by atoms with Crippen LogP contribution >= 0.6 is 22.9 Å². The van der Waals surface area contributed by atoms with Gasteiger partial charge in [-0.15, -0.1) is 5.10 Å². The first-order chi connectivity index (χ1) is 12.4. The van der Waals surface area contributed by atoms with Gasteiger partial charge in [0.25, 0.3) is 0 Å². The highest BCUT2D eigenvalue weighted by Crippen LogP contribution is 2.43. The van der Waals surface area contributed by atoms with Gasteiger partial charge in [0.1, 0.15) is 5.82 Å². The number of hydrogen-bond acceptors (Lipinski definition) is 5. The van der Waals surface area contributed by atoms with Crippen molar-refractivity contribution >= 4 is 27.9 Å². The summed E-state index contributed by atoms with van der Waals surface area (Å²) in [5, 5.41) is 15.9. The Hall–Kier alpha value is -1.63. The highest BCUT2D eigenvalue weighted by Gasteiger charge is 2.34. The molecule has 1 N–H and O–H groups in total. The summed E-state index contributed by atoms with van der Waals surface area (Å²) in [7, 11) is 0. The number of nitrogens with zero attached hydrogens (tertiary/aromatic N) is 4. The standard InChI is InChI=1S/C19H23ClN4OS/c1-11-8-12(2)10-23(9-11)16(14-6-4-5-7-15(14)20)17-18(25)24-19(26-17)21-13(3)22-24/h4-7,11-12,16,25H,8-10H2,1-3H3. The Morgan fingerprint density at radius 3 is 2.58 bits per heavy atom. The van der Waals surface area contributed by atoms with E-state index >= 15 is 0 Å². The van der Waals surface area contributed by atoms with Crippen molar-refractivity contribution in [3.05, 3.63) is 45.6 Å². The average molecular weight is 391 g/mol. The van der Waals surface area contributed by atoms with Gasteiger partial charge in [-0.1, -0.05) is 55.0 Å². The van der Waals surface area contributed by atoms with Gasteiger partial charge >= 0.3 is 0 Å². The Morgan fingerprint density at radius 1 is 1.23 bits per heavy atom. The third kappa shape index (κ3) is 3.10. The first kappa shape index (κ1) is 17.8. The van der Waals surface area contributed by atoms with Crippen LogP contribution in [0.25, 0.3) is 4.96 Å². The monoisotopic (exact) mass is 390 g/mol. The molecule has 0 saturated carbocycles. The first-order valence-corrected chi connectivity index (χ1v) is 10.2. The van der Waals surface area contributed by atoms with Gasteiger partial charge in [-0.05, 0) is 36.8 Å². The fourth-order valence-corrected chi connectivity index (χ4v) is 5.54. The number of aryl methyl sites for hydroxylation is 1. The van der Waals surface area contributed by atoms with Crippen molar-refractivity contribution in [1.82, 2.24) is 19.5 Å². The lowest BCUT2D eigenvalue weighted by Gasteiger charge is -2.40. The third-order valence-corrected chi connectivity index (χ3v) is 6.43. The highest BCUT2D eigenvalue weighted by atomic mass is 35.5. The van der Waals surface area contributed by atoms with Gasteiger partial charge in [0.2, 0.25) is 10.8 Å². The van der Waals surface area contributed by atoms with E-state index < -0.39 is 0 Å². The molecule has 3 unspecified atom stereocenters. The summed E-state index contributed by atoms with van der Waals surface area (Å²) >= 11 is 8.06. The molecule has 3 heterocycles. The van der Waals surface area contributed by atoms with E-state index in [1.807, 2.05) is 25.1 Å². The number of benzene rings is 1. The van der Waals surface area contributed by atoms with Crippen LogP contribution in [0.2, 0.25) is 5.02 Å². The zero-order valence-electron chi connectivity index (χ0n) is 15.2. The summed E-state index contributed by atoms with van der Waals surface area (Å²) in [6, 6.07) is 7.82. The molecule has 0 radical (unpaired) electrons. The number of halogens is 1. The Balaban J connectivity index is 1.85. The molecule has 3 atom stereocenters. The number of aromatic hydroxyl groups is 1. The lowest BCUT2D eigenvalue weighted by molar-refractivity contribution is 0.112. The molecule has 138 valence electrons. The van der Waals surface area contributed by atoms with Gasteiger partial charge in [-0.25, -0.2) is 4.98 Å². The van der Waals surface area contributed by atoms with Crippen LogP contribution in [0, 0.1) is 18.8 Å². The minimum Gasteiger partial charge on any atom is -0.492 e. The second-order valence-corrected chi connectivity index (χ2v) is 8.88. The minimum atomic E-state index is -0.0947. The number of fused-ring (bicyclic) bond motifs is 1. The van der Waals surface area contributed by atoms with E-state index in [9.17, 15) is 5.11 Å². The van der Waals surface area contributed by atoms with E-state index in [2.05, 4.69) is 34.9 Å². The summed E-state index contributed by atoms with van der Waals surface area (Å²) < 4.78 is 1.54. The number of aromatic nitrogens is 3. The molecule has 4 rings (SSSR count). The number of thiazole rings is 1. The predicted molar refractivity (Wildman–Crippen MR) is 105 cm³/mol. The molecule has 2 aromatic heterocycles. The van der Waals surface area contributed by atoms with Crippen LogP contribution in [0.5, 0.6) is 5.88 Å². The lowest BCUT2D eigenvalue weighted by atomic mass is 9.89. The van der Waals surface area contributed by atoms with Gasteiger partial charge < -0.3 is 5.11 Å². The summed E-state index contributed by atoms with van der Waals surface area (Å²) in [6.45, 7) is 8.37. The summed E-state index contributed by atoms with van der Waals surface area (Å²) in [6.07, 6.45) is 1.23. The van der Waals surface area contributed by atoms with Crippen molar-refractivity contribution in [2.75, 3.05) is 13.1 Å². The van der Waals surface area contributed by atoms with Crippen LogP contribution in [0.4, 0.5) is 0 Å². The Morgan fingerprint density at radius 2 is 1.92 bits per heavy atom. The van der Waals surface area contributed by atoms with Gasteiger partial charge in [-0.3, -0.25) is 4.90 Å². The number of rotatable bonds is 3. The highest BCUT2D eigenvalue weighted by molar-refractivity contribution is 7.17. The molecule has 0 spiro atoms. The van der Waals surface area contributed by atoms with Crippen molar-refractivity contribution < 1.29 is 5.11 Å². The molecule has 1 aliphatic rings. The SMILES string of the molecule is Cc1nc2sc(C(c3ccccc3Cl)N3CC(C)CC(C)C3)c(O)n2n1. The van der Waals surface area contributed by atoms with Crippen LogP contribution in [0.3, 0.4) is 0 Å². The lowest BCUT2D eigenvalue weighted by Crippen LogP contribution is -2.41. The molecule has 0 aliphatic carbocycles. The maximum Gasteiger partial charge on any atom is 0.230 e. The van der Waals surface area contributed by atoms with Crippen LogP contribution in [-0.2, 0) is 0 Å². The molecule has 7 heteroatoms. The van der Waals surface area contributed by atoms with E-state index in [0.29, 0.717) is 22.6 Å². The topological polar surface area (TPSA) is 53.7 Å². The molecule has 0 amide bonds. The Labute approximate surface area is 162 Å². The molecule has 5 nitrogen and oxygen atoms in total. The van der Waals surface area contributed by atoms with Crippen molar-refractivity contribution in [2.24, 2.45) is 11.8 Å². The molecular weight excluding hydrogens is 368 g/mol. The molecule has 1 aliphatic heterocycles. The predicted octanol–water partition coefficient (Wildman–Crippen LogP) is 4.53. The third-order valence-electron chi connectivity index (χ3n) is 5.02. The summed E-state index contributed by atoms with van der Waals surface area (Å²) in [5.74, 6) is 2.04. The van der Waals surface area contributed by atoms with Gasteiger partial charge in [0.05, 0.1) is 10.9 Å². The molecule has 1 fully saturated rings. The second kappa shape index (κ2) is 6.83. The summed E-state index contributed by atoms with van der Waals surface area (Å²) in [4.78, 5) is 8.44. The largest absolute Gasteiger partial charge is 0.492 e. The van der Waals surface area contributed by atoms with E-state index in [4.69, 9.17) is 11.6 Å². The van der Waals surface area contributed by atoms with Crippen molar-refractivity contribution in [1.29, 1.82) is 0 Å². The quantitative estimate of drug-likeness (QED) is 0.714. The average Bonchev–Trinajstić information content (AvgIpc) is 3.07. The molecule has 1 saturated heterocycles. The van der Waals surface area contributed by atoms with Crippen LogP contribution in [-0.4, -0.2) is 37.7 Å². The van der Waals surface area contributed by atoms with Gasteiger partial charge in [-0.2, -0.15) is 4.52 Å². The van der Waals surface area contributed by atoms with Gasteiger partial charge in [0, 0.05) is 18.1 Å². The number of piperidine rings is 1. The van der Waals surface area contributed by atoms with Gasteiger partial charge in [0.15, 0.2) is 0 Å². The zero-order chi connectivity index (χ0) is 18.4. The smallest absolute Gasteiger partial charge is 0.230 e. The first-order valence-electron chi connectivity index (χ1n) is 8.97. The second-order valence-electron chi connectivity index (χ2n) is 7.47. The van der Waals surface area contributed by atoms with E-state index in [-0.39, 0.29) is 11.9 Å². The minimum absolute atomic E-state index is 0.0947. The maximum atomic E-state index is 10.9. The van der Waals surface area contributed by atoms with E-state index in [1.165, 1.54) is 22.3 Å². The molecule has 0 bridgehead atoms. The number of hydrogen-bond donors (Lipinski definition) is 1. The van der Waals surface area contributed by atoms with E-state index in [1.54, 1.807) is 0 Å². The van der Waals surface area contributed by atoms with E-state index in [0.717, 1.165) is 28.6 Å². The normalized spacial score (nSPS) is 22.8. The van der Waals surface area contributed by atoms with Crippen molar-refractivity contribution in [3.63, 3.8) is 0 Å². The maximum absolute atomic E-state index is 10.9. The van der Waals surface area contributed by atoms with Crippen molar-refractivity contribution in [3.8, 4) is 5.88 Å². The molecular formula is C19H23ClN4OS. The fourth-order valence-electron chi connectivity index (χ4n) is 4.15. The van der Waals surface area contributed by atoms with Crippen LogP contribution < -0.4 is 0 Å².